The summed E-state index contributed by atoms with van der Waals surface area (Å²) in [6.07, 6.45) is 3.71. The highest BCUT2D eigenvalue weighted by Crippen LogP contribution is 2.38. The van der Waals surface area contributed by atoms with Crippen LogP contribution in [0.2, 0.25) is 10.0 Å². The Morgan fingerprint density at radius 3 is 2.43 bits per heavy atom. The minimum atomic E-state index is -3.92. The van der Waals surface area contributed by atoms with E-state index in [1.165, 1.54) is 36.4 Å². The van der Waals surface area contributed by atoms with Crippen LogP contribution in [0.25, 0.3) is 0 Å². The summed E-state index contributed by atoms with van der Waals surface area (Å²) in [6.45, 7) is -1.22. The minimum absolute atomic E-state index is 0.00493. The summed E-state index contributed by atoms with van der Waals surface area (Å²) in [5, 5.41) is 9.90. The van der Waals surface area contributed by atoms with Gasteiger partial charge in [0.1, 0.15) is 22.7 Å². The maximum absolute atomic E-state index is 13.9. The number of alkyl halides is 2. The number of carbonyl (C=O) groups is 3. The van der Waals surface area contributed by atoms with Crippen LogP contribution < -0.4 is 18.5 Å². The van der Waals surface area contributed by atoms with Gasteiger partial charge in [-0.05, 0) is 48.6 Å². The van der Waals surface area contributed by atoms with Crippen molar-refractivity contribution in [1.29, 1.82) is 0 Å². The van der Waals surface area contributed by atoms with Gasteiger partial charge in [0.25, 0.3) is 11.8 Å². The topological polar surface area (TPSA) is 156 Å². The van der Waals surface area contributed by atoms with Gasteiger partial charge >= 0.3 is 12.6 Å². The molecule has 6 rings (SSSR count). The predicted molar refractivity (Wildman–Crippen MR) is 189 cm³/mol. The molecule has 0 radical (unpaired) electrons. The summed E-state index contributed by atoms with van der Waals surface area (Å²) in [7, 11) is -3.92. The third-order valence-corrected chi connectivity index (χ3v) is 10.9. The number of hydrogen-bond donors (Lipinski definition) is 1. The molecular formula is C35H37Cl2F2N4O10S+. The molecule has 3 heterocycles. The Balaban J connectivity index is 1.26. The van der Waals surface area contributed by atoms with Gasteiger partial charge in [0.15, 0.2) is 11.5 Å². The third kappa shape index (κ3) is 9.32. The molecule has 1 saturated heterocycles. The Bertz CT molecular complexity index is 2010. The average molecular weight is 815 g/mol. The molecule has 0 unspecified atom stereocenters. The fraction of sp³-hybridized carbons (Fsp3) is 0.429. The van der Waals surface area contributed by atoms with Crippen molar-refractivity contribution in [2.45, 2.75) is 32.0 Å². The predicted octanol–water partition coefficient (Wildman–Crippen LogP) is 4.13. The van der Waals surface area contributed by atoms with Crippen molar-refractivity contribution >= 4 is 56.7 Å². The molecule has 1 atom stereocenters. The van der Waals surface area contributed by atoms with Crippen LogP contribution in [0.5, 0.6) is 11.5 Å². The Hall–Kier alpha value is -4.29. The number of benzene rings is 2. The zero-order valence-electron chi connectivity index (χ0n) is 29.0. The summed E-state index contributed by atoms with van der Waals surface area (Å²) in [6, 6.07) is 8.24. The quantitative estimate of drug-likeness (QED) is 0.0961. The molecule has 2 fully saturated rings. The number of aromatic nitrogens is 1. The van der Waals surface area contributed by atoms with E-state index in [2.05, 4.69) is 4.74 Å². The smallest absolute Gasteiger partial charge is 0.387 e. The maximum Gasteiger partial charge on any atom is 0.387 e. The highest BCUT2D eigenvalue weighted by atomic mass is 35.5. The lowest BCUT2D eigenvalue weighted by Gasteiger charge is -2.30. The van der Waals surface area contributed by atoms with E-state index in [0.29, 0.717) is 42.5 Å². The molecule has 1 aliphatic carbocycles. The molecule has 14 nitrogen and oxygen atoms in total. The van der Waals surface area contributed by atoms with Gasteiger partial charge in [-0.1, -0.05) is 35.3 Å². The van der Waals surface area contributed by atoms with Crippen molar-refractivity contribution in [3.8, 4) is 11.5 Å². The van der Waals surface area contributed by atoms with Crippen LogP contribution in [0.15, 0.2) is 48.8 Å². The zero-order chi connectivity index (χ0) is 38.7. The first-order valence-corrected chi connectivity index (χ1v) is 19.6. The molecule has 1 N–H and O–H groups in total. The van der Waals surface area contributed by atoms with Crippen LogP contribution in [0, 0.1) is 5.92 Å². The van der Waals surface area contributed by atoms with Gasteiger partial charge in [-0.3, -0.25) is 33.7 Å². The summed E-state index contributed by atoms with van der Waals surface area (Å²) in [5.41, 5.74) is 0.227. The lowest BCUT2D eigenvalue weighted by Crippen LogP contribution is -2.43. The van der Waals surface area contributed by atoms with E-state index in [4.69, 9.17) is 37.4 Å². The molecule has 19 heteroatoms. The number of esters is 1. The van der Waals surface area contributed by atoms with E-state index in [0.717, 1.165) is 35.8 Å². The van der Waals surface area contributed by atoms with E-state index >= 15 is 0 Å². The van der Waals surface area contributed by atoms with Crippen molar-refractivity contribution in [3.63, 3.8) is 0 Å². The lowest BCUT2D eigenvalue weighted by atomic mass is 10.0. The molecule has 54 heavy (non-hydrogen) atoms. The number of morpholine rings is 1. The first-order chi connectivity index (χ1) is 25.7. The van der Waals surface area contributed by atoms with E-state index in [9.17, 15) is 36.8 Å². The number of pyridine rings is 1. The van der Waals surface area contributed by atoms with Crippen LogP contribution in [0.3, 0.4) is 0 Å². The van der Waals surface area contributed by atoms with Gasteiger partial charge < -0.3 is 18.9 Å². The number of amides is 2. The van der Waals surface area contributed by atoms with Crippen molar-refractivity contribution in [2.24, 2.45) is 5.92 Å². The standard InChI is InChI=1S/C35H37Cl2F2N4O10S/c1-54(48,49)43(10-9-40-11-13-50-14-12-40)27-4-2-3-23-32(27)34(46)42(33(23)45)19-31(44)52-29(16-24-25(36)17-41(47)18-26(24)37)22-7-8-28(53-35(38)39)30(15-22)51-20-21-5-6-21/h2-4,7-8,15,17-18,21,29,35,47H,5-6,9-14,16,19-20H2,1H3/q+1/t29-/m0/s1. The molecule has 2 amide bonds. The average Bonchev–Trinajstić information content (AvgIpc) is 3.91. The molecule has 1 saturated carbocycles. The van der Waals surface area contributed by atoms with Crippen molar-refractivity contribution in [2.75, 3.05) is 63.1 Å². The van der Waals surface area contributed by atoms with Crippen molar-refractivity contribution < 1.29 is 60.5 Å². The lowest BCUT2D eigenvalue weighted by molar-refractivity contribution is -0.904. The SMILES string of the molecule is CS(=O)(=O)N(CCN1CCOCC1)c1cccc2c1C(=O)N(CC(=O)O[C@@H](Cc1c(Cl)c[n+](O)cc1Cl)c1ccc(OC(F)F)c(OCC3CC3)c1)C2=O. The first-order valence-electron chi connectivity index (χ1n) is 17.0. The van der Waals surface area contributed by atoms with Crippen LogP contribution in [0.4, 0.5) is 14.5 Å². The van der Waals surface area contributed by atoms with Crippen molar-refractivity contribution in [3.05, 3.63) is 81.1 Å². The minimum Gasteiger partial charge on any atom is -0.489 e. The first kappa shape index (κ1) is 39.4. The second-order valence-corrected chi connectivity index (χ2v) is 15.7. The normalized spacial score (nSPS) is 16.7. The molecule has 0 bridgehead atoms. The van der Waals surface area contributed by atoms with E-state index < -0.39 is 47.1 Å². The highest BCUT2D eigenvalue weighted by Gasteiger charge is 2.41. The van der Waals surface area contributed by atoms with Gasteiger partial charge in [-0.2, -0.15) is 8.78 Å². The molecule has 0 spiro atoms. The number of ether oxygens (including phenoxy) is 4. The number of nitrogens with zero attached hydrogens (tertiary/aromatic N) is 4. The van der Waals surface area contributed by atoms with Crippen molar-refractivity contribution in [1.82, 2.24) is 9.80 Å². The van der Waals surface area contributed by atoms with E-state index in [-0.39, 0.29) is 75.0 Å². The number of halogens is 4. The van der Waals surface area contributed by atoms with Crippen LogP contribution in [-0.2, 0) is 30.7 Å². The Morgan fingerprint density at radius 2 is 1.78 bits per heavy atom. The van der Waals surface area contributed by atoms with Crippen LogP contribution >= 0.6 is 23.2 Å². The fourth-order valence-corrected chi connectivity index (χ4v) is 7.71. The molecule has 2 aromatic carbocycles. The number of rotatable bonds is 16. The summed E-state index contributed by atoms with van der Waals surface area (Å²) < 4.78 is 75.9. The van der Waals surface area contributed by atoms with E-state index in [1.54, 1.807) is 0 Å². The summed E-state index contributed by atoms with van der Waals surface area (Å²) >= 11 is 12.8. The fourth-order valence-electron chi connectivity index (χ4n) is 6.18. The molecule has 3 aromatic rings. The van der Waals surface area contributed by atoms with Crippen LogP contribution in [0.1, 0.15) is 50.8 Å². The number of fused-ring (bicyclic) bond motifs is 1. The summed E-state index contributed by atoms with van der Waals surface area (Å²) in [5.74, 6) is -2.80. The highest BCUT2D eigenvalue weighted by molar-refractivity contribution is 7.92. The van der Waals surface area contributed by atoms with E-state index in [1.807, 2.05) is 4.90 Å². The van der Waals surface area contributed by atoms with Gasteiger partial charge in [-0.25, -0.2) is 8.42 Å². The largest absolute Gasteiger partial charge is 0.489 e. The number of sulfonamides is 1. The molecule has 290 valence electrons. The Labute approximate surface area is 319 Å². The number of imide groups is 1. The maximum atomic E-state index is 13.9. The molecule has 2 aliphatic heterocycles. The van der Waals surface area contributed by atoms with Gasteiger partial charge in [0.2, 0.25) is 22.4 Å². The van der Waals surface area contributed by atoms with Gasteiger partial charge in [0, 0.05) is 42.9 Å². The Morgan fingerprint density at radius 1 is 1.07 bits per heavy atom. The second-order valence-electron chi connectivity index (χ2n) is 13.0. The number of carbonyl (C=O) groups excluding carboxylic acids is 3. The van der Waals surface area contributed by atoms with Gasteiger partial charge in [0.05, 0.1) is 42.9 Å². The zero-order valence-corrected chi connectivity index (χ0v) is 31.3. The second kappa shape index (κ2) is 16.6. The van der Waals surface area contributed by atoms with Gasteiger partial charge in [-0.15, -0.1) is 0 Å². The van der Waals surface area contributed by atoms with Crippen LogP contribution in [-0.4, -0.2) is 107 Å². The molecule has 1 aromatic heterocycles. The third-order valence-electron chi connectivity index (χ3n) is 9.11. The monoisotopic (exact) mass is 813 g/mol. The summed E-state index contributed by atoms with van der Waals surface area (Å²) in [4.78, 5) is 43.8. The molecule has 3 aliphatic rings. The number of anilines is 1. The Kier molecular flexibility index (Phi) is 12.1. The molecular weight excluding hydrogens is 777 g/mol. The number of hydrogen-bond acceptors (Lipinski definition) is 11.